The Bertz CT molecular complexity index is 1870. The molecule has 5 rings (SSSR count). The molecule has 2 aliphatic rings. The van der Waals surface area contributed by atoms with Crippen LogP contribution in [0.2, 0.25) is 0 Å². The zero-order valence-electron chi connectivity index (χ0n) is 29.5. The second-order valence-electron chi connectivity index (χ2n) is 12.6. The Hall–Kier alpha value is -4.24. The van der Waals surface area contributed by atoms with Crippen molar-refractivity contribution in [2.24, 2.45) is 0 Å². The first-order valence-corrected chi connectivity index (χ1v) is 17.9. The third kappa shape index (κ3) is 6.18. The van der Waals surface area contributed by atoms with E-state index in [1.165, 1.54) is 55.4 Å². The molecule has 1 fully saturated rings. The number of hydrogen-bond acceptors (Lipinski definition) is 10. The first-order valence-electron chi connectivity index (χ1n) is 16.5. The van der Waals surface area contributed by atoms with E-state index in [0.717, 1.165) is 30.8 Å². The molecule has 12 nitrogen and oxygen atoms in total. The van der Waals surface area contributed by atoms with E-state index in [1.54, 1.807) is 26.2 Å². The molecule has 2 amide bonds. The molecule has 0 radical (unpaired) electrons. The zero-order valence-corrected chi connectivity index (χ0v) is 30.3. The fourth-order valence-corrected chi connectivity index (χ4v) is 8.70. The van der Waals surface area contributed by atoms with Crippen molar-refractivity contribution in [3.05, 3.63) is 77.1 Å². The molecule has 2 aliphatic heterocycles. The number of benzene rings is 3. The Labute approximate surface area is 293 Å². The van der Waals surface area contributed by atoms with Crippen LogP contribution in [0.5, 0.6) is 17.2 Å². The first-order chi connectivity index (χ1) is 23.8. The number of ether oxygens (including phenoxy) is 3. The molecule has 0 spiro atoms. The number of β-amino-alcohol motifs (C(OH)–C–C–N with tert-alkyl or cyclic N) is 1. The number of methoxy groups -OCH3 is 3. The summed E-state index contributed by atoms with van der Waals surface area (Å²) in [5, 5.41) is 11.1. The standard InChI is InChI=1S/C36H45FN4O8S/c1-8-39(9-2)17-16-23-10-14-31(48-6)28(18-23)36(40-22-25(42)20-30(40)34(43)38(3)4)27-19-24(37)11-13-29(27)41(35(36)44)50(45,46)33-15-12-26(47-5)21-32(33)49-7/h10-15,18-19,21,25,30,42H,8-9,16-17,20,22H2,1-7H3/t25-,30+,36?/m1/s1. The predicted molar refractivity (Wildman–Crippen MR) is 186 cm³/mol. The van der Waals surface area contributed by atoms with Crippen LogP contribution in [0.25, 0.3) is 0 Å². The third-order valence-corrected chi connectivity index (χ3v) is 11.4. The lowest BCUT2D eigenvalue weighted by Gasteiger charge is -2.42. The molecule has 0 aliphatic carbocycles. The van der Waals surface area contributed by atoms with Gasteiger partial charge in [-0.15, -0.1) is 0 Å². The number of amides is 2. The molecule has 1 N–H and O–H groups in total. The normalized spacial score (nSPS) is 20.7. The lowest BCUT2D eigenvalue weighted by molar-refractivity contribution is -0.138. The van der Waals surface area contributed by atoms with E-state index in [4.69, 9.17) is 14.2 Å². The van der Waals surface area contributed by atoms with Crippen molar-refractivity contribution in [1.29, 1.82) is 0 Å². The van der Waals surface area contributed by atoms with E-state index in [-0.39, 0.29) is 46.2 Å². The van der Waals surface area contributed by atoms with E-state index >= 15 is 9.18 Å². The van der Waals surface area contributed by atoms with Gasteiger partial charge in [-0.1, -0.05) is 19.9 Å². The number of rotatable bonds is 13. The monoisotopic (exact) mass is 712 g/mol. The number of nitrogens with zero attached hydrogens (tertiary/aromatic N) is 4. The van der Waals surface area contributed by atoms with Gasteiger partial charge in [-0.05, 0) is 74.0 Å². The van der Waals surface area contributed by atoms with Gasteiger partial charge in [0.25, 0.3) is 15.9 Å². The highest BCUT2D eigenvalue weighted by atomic mass is 32.2. The molecular formula is C36H45FN4O8S. The Morgan fingerprint density at radius 1 is 0.960 bits per heavy atom. The van der Waals surface area contributed by atoms with Gasteiger partial charge < -0.3 is 29.1 Å². The number of sulfonamides is 1. The van der Waals surface area contributed by atoms with Crippen molar-refractivity contribution in [2.45, 2.75) is 49.3 Å². The molecule has 1 saturated heterocycles. The number of halogens is 1. The summed E-state index contributed by atoms with van der Waals surface area (Å²) in [7, 11) is 2.49. The minimum Gasteiger partial charge on any atom is -0.497 e. The van der Waals surface area contributed by atoms with Crippen LogP contribution in [-0.2, 0) is 31.6 Å². The average molecular weight is 713 g/mol. The van der Waals surface area contributed by atoms with Crippen LogP contribution in [0.4, 0.5) is 10.1 Å². The van der Waals surface area contributed by atoms with Crippen LogP contribution in [-0.4, -0.2) is 114 Å². The van der Waals surface area contributed by atoms with Gasteiger partial charge in [0, 0.05) is 44.4 Å². The zero-order chi connectivity index (χ0) is 36.5. The fraction of sp³-hybridized carbons (Fsp3) is 0.444. The highest BCUT2D eigenvalue weighted by molar-refractivity contribution is 7.93. The number of likely N-dealkylation sites (tertiary alicyclic amines) is 1. The Morgan fingerprint density at radius 3 is 2.28 bits per heavy atom. The van der Waals surface area contributed by atoms with Crippen molar-refractivity contribution in [3.63, 3.8) is 0 Å². The van der Waals surface area contributed by atoms with Gasteiger partial charge in [-0.3, -0.25) is 14.5 Å². The Kier molecular flexibility index (Phi) is 10.8. The van der Waals surface area contributed by atoms with Crippen LogP contribution in [0.1, 0.15) is 37.0 Å². The SMILES string of the molecule is CCN(CC)CCc1ccc(OC)c(C2(N3C[C@H](O)C[C@H]3C(=O)N(C)C)C(=O)N(S(=O)(=O)c3ccc(OC)cc3OC)c3ccc(F)cc32)c1. The first kappa shape index (κ1) is 37.0. The highest BCUT2D eigenvalue weighted by Crippen LogP contribution is 2.55. The smallest absolute Gasteiger partial charge is 0.274 e. The van der Waals surface area contributed by atoms with Gasteiger partial charge in [0.2, 0.25) is 5.91 Å². The van der Waals surface area contributed by atoms with Crippen molar-refractivity contribution in [1.82, 2.24) is 14.7 Å². The summed E-state index contributed by atoms with van der Waals surface area (Å²) in [4.78, 5) is 34.1. The van der Waals surface area contributed by atoms with Crippen LogP contribution >= 0.6 is 0 Å². The molecule has 50 heavy (non-hydrogen) atoms. The van der Waals surface area contributed by atoms with Gasteiger partial charge in [0.1, 0.15) is 28.0 Å². The fourth-order valence-electron chi connectivity index (χ4n) is 7.10. The Morgan fingerprint density at radius 2 is 1.66 bits per heavy atom. The summed E-state index contributed by atoms with van der Waals surface area (Å²) in [5.74, 6) is -1.66. The molecule has 1 unspecified atom stereocenters. The largest absolute Gasteiger partial charge is 0.497 e. The summed E-state index contributed by atoms with van der Waals surface area (Å²) >= 11 is 0. The quantitative estimate of drug-likeness (QED) is 0.282. The lowest BCUT2D eigenvalue weighted by Crippen LogP contribution is -2.59. The van der Waals surface area contributed by atoms with E-state index in [1.807, 2.05) is 6.07 Å². The van der Waals surface area contributed by atoms with Crippen molar-refractivity contribution < 1.29 is 41.7 Å². The minimum absolute atomic E-state index is 0.0107. The van der Waals surface area contributed by atoms with E-state index in [9.17, 15) is 18.3 Å². The van der Waals surface area contributed by atoms with Crippen LogP contribution < -0.4 is 18.5 Å². The summed E-state index contributed by atoms with van der Waals surface area (Å²) in [6.07, 6.45) is -0.526. The summed E-state index contributed by atoms with van der Waals surface area (Å²) in [6.45, 7) is 6.29. The number of carbonyl (C=O) groups is 2. The topological polar surface area (TPSA) is 129 Å². The van der Waals surface area contributed by atoms with Gasteiger partial charge in [-0.2, -0.15) is 0 Å². The number of hydrogen-bond donors (Lipinski definition) is 1. The maximum Gasteiger partial charge on any atom is 0.274 e. The van der Waals surface area contributed by atoms with Crippen molar-refractivity contribution in [2.75, 3.05) is 65.9 Å². The minimum atomic E-state index is -4.77. The van der Waals surface area contributed by atoms with E-state index in [0.29, 0.717) is 23.0 Å². The van der Waals surface area contributed by atoms with Crippen molar-refractivity contribution >= 4 is 27.5 Å². The molecular weight excluding hydrogens is 667 g/mol. The number of anilines is 1. The molecule has 3 aromatic rings. The Balaban J connectivity index is 1.85. The van der Waals surface area contributed by atoms with Crippen molar-refractivity contribution in [3.8, 4) is 17.2 Å². The molecule has 0 bridgehead atoms. The number of likely N-dealkylation sites (N-methyl/N-ethyl adjacent to an activating group) is 2. The van der Waals surface area contributed by atoms with Gasteiger partial charge in [0.05, 0.1) is 39.2 Å². The van der Waals surface area contributed by atoms with Gasteiger partial charge >= 0.3 is 0 Å². The summed E-state index contributed by atoms with van der Waals surface area (Å²) in [5.41, 5.74) is -1.22. The number of aliphatic hydroxyl groups excluding tert-OH is 1. The maximum absolute atomic E-state index is 15.6. The molecule has 0 aromatic heterocycles. The molecule has 2 heterocycles. The summed E-state index contributed by atoms with van der Waals surface area (Å²) in [6, 6.07) is 11.8. The third-order valence-electron chi connectivity index (χ3n) is 9.65. The number of aliphatic hydroxyl groups is 1. The van der Waals surface area contributed by atoms with Crippen LogP contribution in [0.3, 0.4) is 0 Å². The summed E-state index contributed by atoms with van der Waals surface area (Å²) < 4.78 is 62.3. The maximum atomic E-state index is 15.6. The number of fused-ring (bicyclic) bond motifs is 1. The van der Waals surface area contributed by atoms with E-state index in [2.05, 4.69) is 18.7 Å². The second kappa shape index (κ2) is 14.5. The van der Waals surface area contributed by atoms with E-state index < -0.39 is 45.3 Å². The number of carbonyl (C=O) groups excluding carboxylic acids is 2. The lowest BCUT2D eigenvalue weighted by atomic mass is 9.80. The molecule has 3 atom stereocenters. The molecule has 0 saturated carbocycles. The molecule has 3 aromatic carbocycles. The van der Waals surface area contributed by atoms with Crippen LogP contribution in [0, 0.1) is 5.82 Å². The molecule has 270 valence electrons. The van der Waals surface area contributed by atoms with Gasteiger partial charge in [0.15, 0.2) is 5.54 Å². The molecule has 14 heteroatoms. The average Bonchev–Trinajstić information content (AvgIpc) is 3.62. The van der Waals surface area contributed by atoms with Crippen LogP contribution in [0.15, 0.2) is 59.5 Å². The van der Waals surface area contributed by atoms with Gasteiger partial charge in [-0.25, -0.2) is 17.1 Å². The second-order valence-corrected chi connectivity index (χ2v) is 14.3. The predicted octanol–water partition coefficient (Wildman–Crippen LogP) is 3.24. The highest BCUT2D eigenvalue weighted by Gasteiger charge is 2.64.